The summed E-state index contributed by atoms with van der Waals surface area (Å²) in [5.41, 5.74) is 10.2. The molecule has 0 aromatic carbocycles. The molecule has 1 saturated heterocycles. The number of ether oxygens (including phenoxy) is 2. The van der Waals surface area contributed by atoms with Crippen molar-refractivity contribution in [1.82, 2.24) is 35.5 Å². The number of amides is 3. The molecule has 0 saturated carbocycles. The zero-order chi connectivity index (χ0) is 50.2. The van der Waals surface area contributed by atoms with Gasteiger partial charge in [0.1, 0.15) is 54.6 Å². The fourth-order valence-corrected chi connectivity index (χ4v) is 9.72. The molecular formula is C32H52N9O22P3S. The van der Waals surface area contributed by atoms with Gasteiger partial charge in [0.2, 0.25) is 17.7 Å². The third-order valence-corrected chi connectivity index (χ3v) is 13.6. The van der Waals surface area contributed by atoms with E-state index in [1.807, 2.05) is 0 Å². The summed E-state index contributed by atoms with van der Waals surface area (Å²) in [6, 6.07) is -2.09. The average Bonchev–Trinajstić information content (AvgIpc) is 3.80. The number of nitrogens with zero attached hydrogens (tertiary/aromatic N) is 4. The number of nitrogen functional groups attached to an aromatic ring is 1. The number of rotatable bonds is 24. The Labute approximate surface area is 383 Å². The molecule has 3 amide bonds. The molecule has 1 fully saturated rings. The maximum absolute atomic E-state index is 12.8. The normalized spacial score (nSPS) is 25.4. The van der Waals surface area contributed by atoms with E-state index >= 15 is 0 Å². The molecule has 16 N–H and O–H groups in total. The average molecular weight is 1040 g/mol. The predicted octanol–water partition coefficient (Wildman–Crippen LogP) is -4.51. The maximum atomic E-state index is 12.8. The largest absolute Gasteiger partial charge is 0.481 e. The number of fused-ring (bicyclic) bond motifs is 1. The van der Waals surface area contributed by atoms with Crippen LogP contribution in [0.15, 0.2) is 24.5 Å². The third-order valence-electron chi connectivity index (χ3n) is 9.60. The molecule has 12 atom stereocenters. The van der Waals surface area contributed by atoms with E-state index in [1.54, 1.807) is 0 Å². The molecule has 0 spiro atoms. The number of phosphoric ester groups is 3. The number of carbonyl (C=O) groups is 4. The van der Waals surface area contributed by atoms with Gasteiger partial charge in [-0.2, -0.15) is 4.31 Å². The molecule has 0 aliphatic carbocycles. The Hall–Kier alpha value is -3.59. The van der Waals surface area contributed by atoms with Gasteiger partial charge in [-0.1, -0.05) is 25.6 Å². The summed E-state index contributed by atoms with van der Waals surface area (Å²) in [5.74, 6) is -2.56. The lowest BCUT2D eigenvalue weighted by Gasteiger charge is -2.39. The van der Waals surface area contributed by atoms with E-state index in [2.05, 4.69) is 39.7 Å². The number of imidazole rings is 1. The van der Waals surface area contributed by atoms with Crippen molar-refractivity contribution in [3.05, 3.63) is 24.5 Å². The highest BCUT2D eigenvalue weighted by atomic mass is 32.2. The lowest BCUT2D eigenvalue weighted by Crippen LogP contribution is -2.61. The summed E-state index contributed by atoms with van der Waals surface area (Å²) < 4.78 is 67.8. The molecule has 378 valence electrons. The van der Waals surface area contributed by atoms with E-state index in [1.165, 1.54) is 26.8 Å². The number of anilines is 1. The molecule has 2 aromatic heterocycles. The summed E-state index contributed by atoms with van der Waals surface area (Å²) in [7, 11) is -16.6. The van der Waals surface area contributed by atoms with Gasteiger partial charge < -0.3 is 82.0 Å². The smallest absolute Gasteiger partial charge is 0.481 e. The molecule has 35 heteroatoms. The fourth-order valence-electron chi connectivity index (χ4n) is 6.24. The molecule has 12 unspecified atom stereocenters. The number of aliphatic hydroxyl groups excluding tert-OH is 5. The van der Waals surface area contributed by atoms with Crippen LogP contribution in [-0.4, -0.2) is 181 Å². The molecule has 2 aliphatic heterocycles. The van der Waals surface area contributed by atoms with Gasteiger partial charge in [-0.15, -0.1) is 0 Å². The van der Waals surface area contributed by atoms with Gasteiger partial charge in [-0.05, 0) is 6.08 Å². The first-order valence-corrected chi connectivity index (χ1v) is 25.0. The van der Waals surface area contributed by atoms with E-state index in [0.29, 0.717) is 11.8 Å². The van der Waals surface area contributed by atoms with Crippen LogP contribution in [0.4, 0.5) is 5.82 Å². The second-order valence-electron chi connectivity index (χ2n) is 15.4. The summed E-state index contributed by atoms with van der Waals surface area (Å²) in [5, 5.41) is 57.8. The molecule has 0 bridgehead atoms. The zero-order valence-electron chi connectivity index (χ0n) is 35.5. The van der Waals surface area contributed by atoms with Crippen molar-refractivity contribution in [2.24, 2.45) is 11.1 Å². The van der Waals surface area contributed by atoms with E-state index in [4.69, 9.17) is 30.0 Å². The van der Waals surface area contributed by atoms with Gasteiger partial charge in [0, 0.05) is 37.6 Å². The van der Waals surface area contributed by atoms with Crippen LogP contribution in [0.2, 0.25) is 0 Å². The van der Waals surface area contributed by atoms with Crippen molar-refractivity contribution in [3.63, 3.8) is 0 Å². The first-order valence-electron chi connectivity index (χ1n) is 19.5. The van der Waals surface area contributed by atoms with Crippen LogP contribution in [0, 0.1) is 5.41 Å². The van der Waals surface area contributed by atoms with Crippen LogP contribution < -0.4 is 27.4 Å². The Kier molecular flexibility index (Phi) is 19.5. The quantitative estimate of drug-likeness (QED) is 0.0348. The number of carbonyl (C=O) groups excluding carboxylic acids is 4. The monoisotopic (exact) mass is 1040 g/mol. The number of phosphoric acid groups is 3. The SMILES string of the molecule is CC(=O)NC1C(N)C=C(C(=O)SCCNC(=O)CCNC(=O)C(O)C(C)(C)COP(=O)(O)OP(=O)(O)OCC2OC(n3cnc4c(N)ncnc43)C(O)C2OP(=O)(O)O)OC1C(O)C(O)CO. The first-order chi connectivity index (χ1) is 31.1. The van der Waals surface area contributed by atoms with Gasteiger partial charge in [0.05, 0.1) is 38.2 Å². The van der Waals surface area contributed by atoms with E-state index in [0.717, 1.165) is 17.2 Å². The van der Waals surface area contributed by atoms with Gasteiger partial charge in [-0.25, -0.2) is 28.6 Å². The number of nitrogens with one attached hydrogen (secondary N) is 3. The van der Waals surface area contributed by atoms with Crippen molar-refractivity contribution in [2.75, 3.05) is 44.4 Å². The Morgan fingerprint density at radius 2 is 1.69 bits per heavy atom. The minimum absolute atomic E-state index is 0.00376. The van der Waals surface area contributed by atoms with Gasteiger partial charge in [0.15, 0.2) is 23.5 Å². The van der Waals surface area contributed by atoms with Crippen molar-refractivity contribution in [3.8, 4) is 0 Å². The number of hydrogen-bond acceptors (Lipinski definition) is 24. The first kappa shape index (κ1) is 56.0. The second kappa shape index (κ2) is 23.3. The number of aliphatic hydroxyl groups is 5. The predicted molar refractivity (Wildman–Crippen MR) is 225 cm³/mol. The minimum atomic E-state index is -5.63. The lowest BCUT2D eigenvalue weighted by atomic mass is 9.87. The third kappa shape index (κ3) is 15.7. The molecule has 2 aromatic rings. The minimum Gasteiger partial charge on any atom is -0.481 e. The van der Waals surface area contributed by atoms with Crippen LogP contribution in [0.1, 0.15) is 33.4 Å². The van der Waals surface area contributed by atoms with Gasteiger partial charge in [-0.3, -0.25) is 37.3 Å². The molecule has 4 rings (SSSR count). The Balaban J connectivity index is 1.20. The Bertz CT molecular complexity index is 2270. The zero-order valence-corrected chi connectivity index (χ0v) is 39.0. The maximum Gasteiger partial charge on any atom is 0.481 e. The molecule has 67 heavy (non-hydrogen) atoms. The Morgan fingerprint density at radius 3 is 2.33 bits per heavy atom. The Morgan fingerprint density at radius 1 is 1.01 bits per heavy atom. The molecule has 4 heterocycles. The van der Waals surface area contributed by atoms with Crippen LogP contribution >= 0.6 is 35.2 Å². The number of thioether (sulfide) groups is 1. The number of aromatic nitrogens is 4. The van der Waals surface area contributed by atoms with E-state index in [9.17, 15) is 78.0 Å². The van der Waals surface area contributed by atoms with Crippen molar-refractivity contribution in [1.29, 1.82) is 0 Å². The lowest BCUT2D eigenvalue weighted by molar-refractivity contribution is -0.137. The fraction of sp³-hybridized carbons (Fsp3) is 0.656. The van der Waals surface area contributed by atoms with Gasteiger partial charge in [0.25, 0.3) is 5.12 Å². The highest BCUT2D eigenvalue weighted by Gasteiger charge is 2.50. The van der Waals surface area contributed by atoms with Crippen molar-refractivity contribution >= 4 is 75.0 Å². The molecule has 31 nitrogen and oxygen atoms in total. The van der Waals surface area contributed by atoms with Crippen molar-refractivity contribution in [2.45, 2.75) is 88.2 Å². The number of nitrogens with two attached hydrogens (primary N) is 2. The summed E-state index contributed by atoms with van der Waals surface area (Å²) in [6.45, 7) is 0.224. The second-order valence-corrected chi connectivity index (χ2v) is 20.7. The molecule has 0 radical (unpaired) electrons. The highest BCUT2D eigenvalue weighted by molar-refractivity contribution is 8.14. The summed E-state index contributed by atoms with van der Waals surface area (Å²) in [4.78, 5) is 101. The van der Waals surface area contributed by atoms with E-state index in [-0.39, 0.29) is 48.0 Å². The highest BCUT2D eigenvalue weighted by Crippen LogP contribution is 2.61. The topological polar surface area (TPSA) is 489 Å². The van der Waals surface area contributed by atoms with Crippen LogP contribution in [0.5, 0.6) is 0 Å². The van der Waals surface area contributed by atoms with E-state index < -0.39 is 133 Å². The summed E-state index contributed by atoms with van der Waals surface area (Å²) >= 11 is 0.692. The summed E-state index contributed by atoms with van der Waals surface area (Å²) in [6.07, 6.45) is -10.9. The molecule has 2 aliphatic rings. The van der Waals surface area contributed by atoms with Crippen LogP contribution in [-0.2, 0) is 60.2 Å². The molecular weight excluding hydrogens is 987 g/mol. The van der Waals surface area contributed by atoms with Crippen LogP contribution in [0.25, 0.3) is 11.2 Å². The van der Waals surface area contributed by atoms with Crippen molar-refractivity contribution < 1.29 is 105 Å². The van der Waals surface area contributed by atoms with Gasteiger partial charge >= 0.3 is 23.5 Å². The standard InChI is InChI=1S/C32H52N9O22P3S/c1-14(43)40-20-15(33)8-17(60-25(20)22(46)16(44)9-42)31(50)67-7-6-35-19(45)4-5-36-29(49)26(48)32(2,3)11-59-66(56,57)63-65(54,55)58-10-18-24(62-64(51,52)53)23(47)30(61-18)41-13-39-21-27(34)37-12-38-28(21)41/h8,12-13,15-16,18,20,22-26,30,42,44,46-48H,4-7,9-11,33H2,1-3H3,(H,35,45)(H,36,49)(H,40,43)(H,54,55)(H,56,57)(H2,34,37,38)(H2,51,52,53). The van der Waals surface area contributed by atoms with Crippen LogP contribution in [0.3, 0.4) is 0 Å². The number of hydrogen-bond donors (Lipinski definition) is 14.